The predicted molar refractivity (Wildman–Crippen MR) is 151 cm³/mol. The number of aromatic amines is 1. The summed E-state index contributed by atoms with van der Waals surface area (Å²) < 4.78 is 22.7. The number of ether oxygens (including phenoxy) is 3. The third-order valence-electron chi connectivity index (χ3n) is 6.99. The zero-order chi connectivity index (χ0) is 28.5. The molecule has 1 aliphatic heterocycles. The number of benzene rings is 2. The van der Waals surface area contributed by atoms with Crippen molar-refractivity contribution in [3.63, 3.8) is 0 Å². The van der Waals surface area contributed by atoms with Crippen LogP contribution in [0.2, 0.25) is 5.02 Å². The maximum atomic E-state index is 14.2. The Kier molecular flexibility index (Phi) is 7.11. The second-order valence-corrected chi connectivity index (χ2v) is 10.0. The molecule has 0 bridgehead atoms. The largest absolute Gasteiger partial charge is 0.497 e. The molecule has 0 radical (unpaired) electrons. The van der Waals surface area contributed by atoms with E-state index in [1.54, 1.807) is 66.7 Å². The summed E-state index contributed by atoms with van der Waals surface area (Å²) in [5, 5.41) is 1.60. The van der Waals surface area contributed by atoms with Gasteiger partial charge in [-0.3, -0.25) is 9.59 Å². The van der Waals surface area contributed by atoms with Gasteiger partial charge in [0.2, 0.25) is 5.88 Å². The van der Waals surface area contributed by atoms with Crippen molar-refractivity contribution in [2.45, 2.75) is 26.0 Å². The first-order chi connectivity index (χ1) is 19.9. The topological polar surface area (TPSA) is 107 Å². The van der Waals surface area contributed by atoms with Crippen LogP contribution in [0.15, 0.2) is 77.3 Å². The standard InChI is InChI=1S/C31H26ClN3O6/c1-18(36)39-17-22-10-12-27(40-22)29-28-23(25-16-21(38-2)9-11-26(25)34-28)13-15-35(29)31(37)24-4-3-14-33-30(24)41-20-7-5-19(32)6-8-20/h3-12,14,16,29,34H,13,15,17H2,1-2H3. The monoisotopic (exact) mass is 571 g/mol. The lowest BCUT2D eigenvalue weighted by molar-refractivity contribution is -0.142. The summed E-state index contributed by atoms with van der Waals surface area (Å²) in [6.45, 7) is 1.75. The molecule has 4 heterocycles. The van der Waals surface area contributed by atoms with Gasteiger partial charge in [-0.25, -0.2) is 4.98 Å². The molecule has 2 aromatic carbocycles. The van der Waals surface area contributed by atoms with Crippen molar-refractivity contribution < 1.29 is 28.2 Å². The molecule has 6 rings (SSSR count). The van der Waals surface area contributed by atoms with E-state index in [0.717, 1.165) is 27.9 Å². The fourth-order valence-electron chi connectivity index (χ4n) is 5.10. The lowest BCUT2D eigenvalue weighted by Gasteiger charge is -2.35. The van der Waals surface area contributed by atoms with E-state index in [0.29, 0.717) is 40.8 Å². The Morgan fingerprint density at radius 3 is 2.68 bits per heavy atom. The zero-order valence-electron chi connectivity index (χ0n) is 22.3. The number of hydrogen-bond acceptors (Lipinski definition) is 7. The van der Waals surface area contributed by atoms with Gasteiger partial charge in [0.25, 0.3) is 5.91 Å². The number of nitrogens with zero attached hydrogens (tertiary/aromatic N) is 2. The van der Waals surface area contributed by atoms with Gasteiger partial charge in [-0.15, -0.1) is 0 Å². The molecule has 1 aliphatic rings. The highest BCUT2D eigenvalue weighted by Crippen LogP contribution is 2.41. The molecule has 0 fully saturated rings. The normalized spacial score (nSPS) is 14.5. The summed E-state index contributed by atoms with van der Waals surface area (Å²) in [5.41, 5.74) is 3.15. The van der Waals surface area contributed by atoms with Gasteiger partial charge in [-0.05, 0) is 78.7 Å². The van der Waals surface area contributed by atoms with E-state index >= 15 is 0 Å². The molecule has 5 aromatic rings. The number of hydrogen-bond donors (Lipinski definition) is 1. The Morgan fingerprint density at radius 2 is 1.90 bits per heavy atom. The predicted octanol–water partition coefficient (Wildman–Crippen LogP) is 6.46. The average Bonchev–Trinajstić information content (AvgIpc) is 3.61. The third kappa shape index (κ3) is 5.24. The Balaban J connectivity index is 1.41. The van der Waals surface area contributed by atoms with Crippen LogP contribution in [0, 0.1) is 0 Å². The molecule has 0 saturated carbocycles. The number of amides is 1. The van der Waals surface area contributed by atoms with E-state index in [1.165, 1.54) is 6.92 Å². The average molecular weight is 572 g/mol. The number of rotatable bonds is 7. The van der Waals surface area contributed by atoms with Crippen LogP contribution in [0.3, 0.4) is 0 Å². The third-order valence-corrected chi connectivity index (χ3v) is 7.25. The summed E-state index contributed by atoms with van der Waals surface area (Å²) >= 11 is 6.02. The molecule has 3 aromatic heterocycles. The molecule has 1 atom stereocenters. The number of halogens is 1. The maximum absolute atomic E-state index is 14.2. The first-order valence-corrected chi connectivity index (χ1v) is 13.4. The van der Waals surface area contributed by atoms with Crippen molar-refractivity contribution in [2.75, 3.05) is 13.7 Å². The molecule has 1 unspecified atom stereocenters. The number of nitrogens with one attached hydrogen (secondary N) is 1. The molecular formula is C31H26ClN3O6. The Morgan fingerprint density at radius 1 is 1.10 bits per heavy atom. The van der Waals surface area contributed by atoms with Gasteiger partial charge in [0.15, 0.2) is 0 Å². The maximum Gasteiger partial charge on any atom is 0.303 e. The van der Waals surface area contributed by atoms with Gasteiger partial charge < -0.3 is 28.5 Å². The van der Waals surface area contributed by atoms with Crippen molar-refractivity contribution >= 4 is 34.4 Å². The lowest BCUT2D eigenvalue weighted by Crippen LogP contribution is -2.40. The zero-order valence-corrected chi connectivity index (χ0v) is 23.1. The summed E-state index contributed by atoms with van der Waals surface area (Å²) in [6.07, 6.45) is 2.19. The van der Waals surface area contributed by atoms with Crippen molar-refractivity contribution in [3.05, 3.63) is 106 Å². The molecule has 0 aliphatic carbocycles. The van der Waals surface area contributed by atoms with Crippen LogP contribution in [0.5, 0.6) is 17.4 Å². The second-order valence-electron chi connectivity index (χ2n) is 9.58. The van der Waals surface area contributed by atoms with E-state index in [-0.39, 0.29) is 18.4 Å². The molecule has 10 heteroatoms. The lowest BCUT2D eigenvalue weighted by atomic mass is 9.95. The van der Waals surface area contributed by atoms with Gasteiger partial charge in [-0.2, -0.15) is 0 Å². The number of fused-ring (bicyclic) bond motifs is 3. The van der Waals surface area contributed by atoms with E-state index < -0.39 is 12.0 Å². The van der Waals surface area contributed by atoms with Gasteiger partial charge in [-0.1, -0.05) is 11.6 Å². The van der Waals surface area contributed by atoms with Crippen LogP contribution < -0.4 is 9.47 Å². The first kappa shape index (κ1) is 26.5. The van der Waals surface area contributed by atoms with Crippen molar-refractivity contribution in [3.8, 4) is 17.4 Å². The van der Waals surface area contributed by atoms with Gasteiger partial charge >= 0.3 is 5.97 Å². The highest BCUT2D eigenvalue weighted by molar-refractivity contribution is 6.30. The minimum absolute atomic E-state index is 0.00551. The summed E-state index contributed by atoms with van der Waals surface area (Å²) in [6, 6.07) is 19.1. The van der Waals surface area contributed by atoms with Gasteiger partial charge in [0.05, 0.1) is 12.8 Å². The van der Waals surface area contributed by atoms with Crippen LogP contribution in [0.1, 0.15) is 46.1 Å². The smallest absolute Gasteiger partial charge is 0.303 e. The highest BCUT2D eigenvalue weighted by Gasteiger charge is 2.38. The van der Waals surface area contributed by atoms with Crippen LogP contribution in [0.4, 0.5) is 0 Å². The number of aromatic nitrogens is 2. The van der Waals surface area contributed by atoms with Crippen molar-refractivity contribution in [2.24, 2.45) is 0 Å². The summed E-state index contributed by atoms with van der Waals surface area (Å²) in [7, 11) is 1.63. The second kappa shape index (κ2) is 11.0. The number of carbonyl (C=O) groups excluding carboxylic acids is 2. The van der Waals surface area contributed by atoms with E-state index in [9.17, 15) is 9.59 Å². The molecule has 208 valence electrons. The number of methoxy groups -OCH3 is 1. The minimum Gasteiger partial charge on any atom is -0.497 e. The SMILES string of the molecule is COc1ccc2[nH]c3c(c2c1)CCN(C(=O)c1cccnc1Oc1ccc(Cl)cc1)C3c1ccc(COC(C)=O)o1. The van der Waals surface area contributed by atoms with Gasteiger partial charge in [0.1, 0.15) is 41.2 Å². The molecule has 0 saturated heterocycles. The number of furan rings is 1. The molecule has 9 nitrogen and oxygen atoms in total. The van der Waals surface area contributed by atoms with E-state index in [1.807, 2.05) is 18.2 Å². The molecular weight excluding hydrogens is 546 g/mol. The first-order valence-electron chi connectivity index (χ1n) is 13.0. The van der Waals surface area contributed by atoms with Crippen LogP contribution >= 0.6 is 11.6 Å². The summed E-state index contributed by atoms with van der Waals surface area (Å²) in [5.74, 6) is 1.76. The van der Waals surface area contributed by atoms with Crippen LogP contribution in [0.25, 0.3) is 10.9 Å². The Labute approximate surface area is 240 Å². The van der Waals surface area contributed by atoms with E-state index in [2.05, 4.69) is 9.97 Å². The van der Waals surface area contributed by atoms with Crippen molar-refractivity contribution in [1.29, 1.82) is 0 Å². The van der Waals surface area contributed by atoms with Crippen molar-refractivity contribution in [1.82, 2.24) is 14.9 Å². The minimum atomic E-state index is -0.584. The summed E-state index contributed by atoms with van der Waals surface area (Å²) in [4.78, 5) is 35.2. The quantitative estimate of drug-likeness (QED) is 0.223. The fourth-order valence-corrected chi connectivity index (χ4v) is 5.23. The molecule has 1 amide bonds. The Hall–Kier alpha value is -4.76. The number of carbonyl (C=O) groups is 2. The Bertz CT molecular complexity index is 1740. The number of esters is 1. The molecule has 1 N–H and O–H groups in total. The molecule has 41 heavy (non-hydrogen) atoms. The number of H-pyrrole nitrogens is 1. The number of pyridine rings is 1. The van der Waals surface area contributed by atoms with Crippen LogP contribution in [-0.4, -0.2) is 40.4 Å². The molecule has 0 spiro atoms. The van der Waals surface area contributed by atoms with Gasteiger partial charge in [0, 0.05) is 35.6 Å². The fraction of sp³-hybridized carbons (Fsp3) is 0.194. The van der Waals surface area contributed by atoms with Crippen LogP contribution in [-0.2, 0) is 22.6 Å². The highest BCUT2D eigenvalue weighted by atomic mass is 35.5. The van der Waals surface area contributed by atoms with E-state index in [4.69, 9.17) is 30.2 Å².